The number of hydrogen-bond donors (Lipinski definition) is 1. The van der Waals surface area contributed by atoms with Gasteiger partial charge in [-0.2, -0.15) is 0 Å². The van der Waals surface area contributed by atoms with Crippen LogP contribution >= 0.6 is 0 Å². The van der Waals surface area contributed by atoms with Gasteiger partial charge in [0, 0.05) is 0 Å². The molecule has 1 aromatic rings. The van der Waals surface area contributed by atoms with Gasteiger partial charge in [0.15, 0.2) is 0 Å². The molecule has 0 aliphatic carbocycles. The molecule has 0 amide bonds. The molecule has 2 heterocycles. The van der Waals surface area contributed by atoms with Gasteiger partial charge < -0.3 is 9.73 Å². The number of allylic oxidation sites excluding steroid dienone is 1. The molecule has 1 saturated heterocycles. The van der Waals surface area contributed by atoms with Gasteiger partial charge in [-0.05, 0) is 63.4 Å². The normalized spacial score (nSPS) is 19.4. The molecule has 1 aliphatic heterocycles. The summed E-state index contributed by atoms with van der Waals surface area (Å²) in [6, 6.07) is 3.94. The lowest BCUT2D eigenvalue weighted by Gasteiger charge is -2.22. The van der Waals surface area contributed by atoms with E-state index in [0.717, 1.165) is 11.7 Å². The first kappa shape index (κ1) is 10.5. The fourth-order valence-electron chi connectivity index (χ4n) is 2.22. The summed E-state index contributed by atoms with van der Waals surface area (Å²) in [5.41, 5.74) is 1.43. The van der Waals surface area contributed by atoms with Crippen LogP contribution in [0, 0.1) is 5.92 Å². The van der Waals surface area contributed by atoms with Crippen LogP contribution in [0.5, 0.6) is 0 Å². The molecule has 0 radical (unpaired) electrons. The number of rotatable bonds is 3. The van der Waals surface area contributed by atoms with Gasteiger partial charge in [0.1, 0.15) is 5.76 Å². The third-order valence-electron chi connectivity index (χ3n) is 3.00. The van der Waals surface area contributed by atoms with Crippen LogP contribution in [0.15, 0.2) is 28.4 Å². The molecule has 0 bridgehead atoms. The second-order valence-electron chi connectivity index (χ2n) is 4.40. The van der Waals surface area contributed by atoms with Crippen molar-refractivity contribution in [1.29, 1.82) is 0 Å². The lowest BCUT2D eigenvalue weighted by Crippen LogP contribution is -2.27. The maximum Gasteiger partial charge on any atom is 0.126 e. The molecule has 0 spiro atoms. The van der Waals surface area contributed by atoms with Crippen molar-refractivity contribution in [1.82, 2.24) is 5.32 Å². The largest absolute Gasteiger partial charge is 0.465 e. The van der Waals surface area contributed by atoms with Crippen LogP contribution in [-0.2, 0) is 0 Å². The Labute approximate surface area is 91.4 Å². The number of nitrogens with one attached hydrogen (secondary N) is 1. The van der Waals surface area contributed by atoms with Crippen LogP contribution in [0.4, 0.5) is 0 Å². The van der Waals surface area contributed by atoms with Gasteiger partial charge in [-0.15, -0.1) is 0 Å². The molecule has 1 N–H and O–H groups in total. The highest BCUT2D eigenvalue weighted by molar-refractivity contribution is 5.46. The maximum atomic E-state index is 5.30. The summed E-state index contributed by atoms with van der Waals surface area (Å²) < 4.78 is 5.30. The minimum absolute atomic E-state index is 0.859. The van der Waals surface area contributed by atoms with Gasteiger partial charge in [-0.1, -0.05) is 5.57 Å². The van der Waals surface area contributed by atoms with Crippen LogP contribution < -0.4 is 5.32 Å². The Morgan fingerprint density at radius 3 is 3.00 bits per heavy atom. The highest BCUT2D eigenvalue weighted by Crippen LogP contribution is 2.22. The summed E-state index contributed by atoms with van der Waals surface area (Å²) in [7, 11) is 0. The minimum Gasteiger partial charge on any atom is -0.465 e. The van der Waals surface area contributed by atoms with E-state index in [1.807, 2.05) is 12.1 Å². The average Bonchev–Trinajstić information content (AvgIpc) is 2.71. The van der Waals surface area contributed by atoms with Gasteiger partial charge in [0.25, 0.3) is 0 Å². The fraction of sp³-hybridized carbons (Fsp3) is 0.538. The Bertz CT molecular complexity index is 307. The molecule has 0 aromatic carbocycles. The molecular weight excluding hydrogens is 186 g/mol. The van der Waals surface area contributed by atoms with Crippen LogP contribution in [0.1, 0.15) is 31.9 Å². The SMILES string of the molecule is C/C(=C\c1ccco1)CC1CCNCC1. The van der Waals surface area contributed by atoms with Gasteiger partial charge in [-0.3, -0.25) is 0 Å². The Hall–Kier alpha value is -1.02. The fourth-order valence-corrected chi connectivity index (χ4v) is 2.22. The van der Waals surface area contributed by atoms with Crippen molar-refractivity contribution in [2.24, 2.45) is 5.92 Å². The predicted octanol–water partition coefficient (Wildman–Crippen LogP) is 3.07. The Kier molecular flexibility index (Phi) is 3.62. The van der Waals surface area contributed by atoms with Crippen molar-refractivity contribution in [2.75, 3.05) is 13.1 Å². The standard InChI is InChI=1S/C13H19NO/c1-11(10-13-3-2-8-15-13)9-12-4-6-14-7-5-12/h2-3,8,10,12,14H,4-7,9H2,1H3/b11-10+. The lowest BCUT2D eigenvalue weighted by atomic mass is 9.91. The van der Waals surface area contributed by atoms with Crippen molar-refractivity contribution < 1.29 is 4.42 Å². The second kappa shape index (κ2) is 5.17. The zero-order valence-corrected chi connectivity index (χ0v) is 9.33. The molecule has 1 fully saturated rings. The van der Waals surface area contributed by atoms with Crippen molar-refractivity contribution in [3.05, 3.63) is 29.7 Å². The van der Waals surface area contributed by atoms with E-state index in [1.54, 1.807) is 6.26 Å². The van der Waals surface area contributed by atoms with E-state index >= 15 is 0 Å². The Balaban J connectivity index is 1.88. The van der Waals surface area contributed by atoms with E-state index < -0.39 is 0 Å². The Morgan fingerprint density at radius 2 is 2.33 bits per heavy atom. The van der Waals surface area contributed by atoms with Crippen molar-refractivity contribution in [3.8, 4) is 0 Å². The second-order valence-corrected chi connectivity index (χ2v) is 4.40. The average molecular weight is 205 g/mol. The molecule has 0 atom stereocenters. The van der Waals surface area contributed by atoms with Crippen molar-refractivity contribution >= 4 is 6.08 Å². The summed E-state index contributed by atoms with van der Waals surface area (Å²) >= 11 is 0. The van der Waals surface area contributed by atoms with Crippen LogP contribution in [0.2, 0.25) is 0 Å². The van der Waals surface area contributed by atoms with E-state index in [4.69, 9.17) is 4.42 Å². The molecule has 15 heavy (non-hydrogen) atoms. The third kappa shape index (κ3) is 3.24. The summed E-state index contributed by atoms with van der Waals surface area (Å²) in [5, 5.41) is 3.40. The molecule has 1 aromatic heterocycles. The molecule has 2 rings (SSSR count). The number of furan rings is 1. The van der Waals surface area contributed by atoms with Crippen LogP contribution in [0.3, 0.4) is 0 Å². The number of hydrogen-bond acceptors (Lipinski definition) is 2. The maximum absolute atomic E-state index is 5.30. The van der Waals surface area contributed by atoms with Crippen molar-refractivity contribution in [2.45, 2.75) is 26.2 Å². The third-order valence-corrected chi connectivity index (χ3v) is 3.00. The quantitative estimate of drug-likeness (QED) is 0.820. The highest BCUT2D eigenvalue weighted by atomic mass is 16.3. The molecule has 0 unspecified atom stereocenters. The molecule has 1 aliphatic rings. The molecular formula is C13H19NO. The monoisotopic (exact) mass is 205 g/mol. The smallest absolute Gasteiger partial charge is 0.126 e. The molecule has 82 valence electrons. The molecule has 0 saturated carbocycles. The summed E-state index contributed by atoms with van der Waals surface area (Å²) in [5.74, 6) is 1.83. The van der Waals surface area contributed by atoms with E-state index in [0.29, 0.717) is 0 Å². The van der Waals surface area contributed by atoms with Gasteiger partial charge >= 0.3 is 0 Å². The molecule has 2 heteroatoms. The number of piperidine rings is 1. The van der Waals surface area contributed by atoms with Crippen LogP contribution in [-0.4, -0.2) is 13.1 Å². The summed E-state index contributed by atoms with van der Waals surface area (Å²) in [6.07, 6.45) is 7.71. The Morgan fingerprint density at radius 1 is 1.53 bits per heavy atom. The zero-order chi connectivity index (χ0) is 10.5. The first-order valence-corrected chi connectivity index (χ1v) is 5.76. The van der Waals surface area contributed by atoms with E-state index in [1.165, 1.54) is 37.9 Å². The van der Waals surface area contributed by atoms with Gasteiger partial charge in [0.2, 0.25) is 0 Å². The summed E-state index contributed by atoms with van der Waals surface area (Å²) in [6.45, 7) is 4.56. The first-order chi connectivity index (χ1) is 7.34. The predicted molar refractivity (Wildman–Crippen MR) is 62.6 cm³/mol. The molecule has 2 nitrogen and oxygen atoms in total. The topological polar surface area (TPSA) is 25.2 Å². The summed E-state index contributed by atoms with van der Waals surface area (Å²) in [4.78, 5) is 0. The first-order valence-electron chi connectivity index (χ1n) is 5.76. The minimum atomic E-state index is 0.859. The lowest BCUT2D eigenvalue weighted by molar-refractivity contribution is 0.372. The highest BCUT2D eigenvalue weighted by Gasteiger charge is 2.13. The zero-order valence-electron chi connectivity index (χ0n) is 9.33. The van der Waals surface area contributed by atoms with E-state index in [2.05, 4.69) is 18.3 Å². The van der Waals surface area contributed by atoms with Gasteiger partial charge in [-0.25, -0.2) is 0 Å². The van der Waals surface area contributed by atoms with Crippen molar-refractivity contribution in [3.63, 3.8) is 0 Å². The van der Waals surface area contributed by atoms with Crippen LogP contribution in [0.25, 0.3) is 6.08 Å². The van der Waals surface area contributed by atoms with E-state index in [9.17, 15) is 0 Å². The van der Waals surface area contributed by atoms with Gasteiger partial charge in [0.05, 0.1) is 6.26 Å². The van der Waals surface area contributed by atoms with E-state index in [-0.39, 0.29) is 0 Å².